The molecule has 6 rings (SSSR count). The molecule has 15 nitrogen and oxygen atoms in total. The van der Waals surface area contributed by atoms with E-state index in [0.29, 0.717) is 29.4 Å². The third kappa shape index (κ3) is 73.2. The zero-order chi connectivity index (χ0) is 51.7. The van der Waals surface area contributed by atoms with Crippen LogP contribution in [0.4, 0.5) is 0 Å². The van der Waals surface area contributed by atoms with Crippen molar-refractivity contribution >= 4 is 142 Å². The molecule has 0 saturated carbocycles. The molecule has 0 spiro atoms. The zero-order valence-electron chi connectivity index (χ0n) is 35.4. The summed E-state index contributed by atoms with van der Waals surface area (Å²) >= 11 is 12.9. The van der Waals surface area contributed by atoms with Crippen molar-refractivity contribution in [3.8, 4) is 0 Å². The van der Waals surface area contributed by atoms with Crippen molar-refractivity contribution in [1.29, 1.82) is 0 Å². The number of rotatable bonds is 3. The van der Waals surface area contributed by atoms with Crippen LogP contribution in [-0.2, 0) is 39.5 Å². The summed E-state index contributed by atoms with van der Waals surface area (Å²) in [6.07, 6.45) is 2.15. The van der Waals surface area contributed by atoms with Crippen molar-refractivity contribution in [2.45, 2.75) is 0 Å². The maximum absolute atomic E-state index is 12.2. The summed E-state index contributed by atoms with van der Waals surface area (Å²) in [6.45, 7) is 0. The molecule has 0 atom stereocenters. The van der Waals surface area contributed by atoms with Gasteiger partial charge in [0.25, 0.3) is 37.7 Å². The second-order valence-corrected chi connectivity index (χ2v) is 30.8. The first-order valence-corrected chi connectivity index (χ1v) is 35.4. The Morgan fingerprint density at radius 2 is 0.493 bits per heavy atom. The van der Waals surface area contributed by atoms with Gasteiger partial charge >= 0.3 is 19.0 Å². The molecule has 374 valence electrons. The minimum absolute atomic E-state index is 0. The molecule has 8 N–H and O–H groups in total. The number of hydrogen-bond acceptors (Lipinski definition) is 8. The van der Waals surface area contributed by atoms with E-state index in [9.17, 15) is 39.3 Å². The van der Waals surface area contributed by atoms with Crippen LogP contribution in [0.1, 0.15) is 0 Å². The van der Waals surface area contributed by atoms with E-state index in [-0.39, 0.29) is 10.8 Å². The molecule has 0 amide bonds. The molecule has 6 aromatic carbocycles. The lowest BCUT2D eigenvalue weighted by molar-refractivity contribution is 0.387. The van der Waals surface area contributed by atoms with Gasteiger partial charge in [0, 0.05) is 10.6 Å². The normalized spacial score (nSPS) is 9.91. The largest absolute Gasteiger partial charge is 0.643 e. The molecule has 0 unspecified atom stereocenters. The monoisotopic (exact) mass is 1180 g/mol. The highest BCUT2D eigenvalue weighted by atomic mass is 36.0. The van der Waals surface area contributed by atoms with Gasteiger partial charge < -0.3 is 20.2 Å². The van der Waals surface area contributed by atoms with Crippen LogP contribution < -0.4 is 15.9 Å². The predicted molar refractivity (Wildman–Crippen MR) is 283 cm³/mol. The number of halogens is 6. The summed E-state index contributed by atoms with van der Waals surface area (Å²) in [5.41, 5.74) is 0. The van der Waals surface area contributed by atoms with E-state index in [1.54, 1.807) is 66.7 Å². The SMILES string of the molecule is CS(=O)(=O)O.CS(=O)(=O)O.CS(=O)(=O)O.ClP(Cl)Cl.O.O=P(O)(O)c1ccccc1.O=P(O)(c1ccccc1)c1ccccc1.[Cl][Al]([Cl])[Cl].c1ccccc1.c1ccccc1.c1ccccc1. The first-order chi connectivity index (χ1) is 30.3. The fourth-order valence-electron chi connectivity index (χ4n) is 3.19. The van der Waals surface area contributed by atoms with E-state index >= 15 is 0 Å². The van der Waals surface area contributed by atoms with Crippen LogP contribution in [0.2, 0.25) is 0 Å². The molecule has 6 aromatic rings. The Balaban J connectivity index is -0.000000221. The zero-order valence-corrected chi connectivity index (χ0v) is 46.2. The van der Waals surface area contributed by atoms with Crippen LogP contribution in [0.25, 0.3) is 0 Å². The molecule has 28 heteroatoms. The van der Waals surface area contributed by atoms with Gasteiger partial charge in [-0.25, -0.2) is 30.1 Å². The maximum atomic E-state index is 12.2. The van der Waals surface area contributed by atoms with E-state index in [1.165, 1.54) is 12.1 Å². The molecular formula is C39H50AlCl6O15P3S3. The predicted octanol–water partition coefficient (Wildman–Crippen LogP) is 9.76. The van der Waals surface area contributed by atoms with E-state index in [2.05, 4.69) is 0 Å². The van der Waals surface area contributed by atoms with Gasteiger partial charge in [0.2, 0.25) is 0 Å². The van der Waals surface area contributed by atoms with E-state index in [1.807, 2.05) is 121 Å². The molecule has 0 aliphatic carbocycles. The first-order valence-electron chi connectivity index (χ1n) is 17.3. The van der Waals surface area contributed by atoms with Crippen LogP contribution in [0.15, 0.2) is 200 Å². The van der Waals surface area contributed by atoms with Crippen molar-refractivity contribution < 1.29 is 68.2 Å². The van der Waals surface area contributed by atoms with E-state index in [4.69, 9.17) is 87.3 Å². The fourth-order valence-corrected chi connectivity index (χ4v) is 5.20. The minimum Gasteiger partial charge on any atom is -0.412 e. The maximum Gasteiger partial charge on any atom is 0.643 e. The third-order valence-electron chi connectivity index (χ3n) is 5.30. The molecule has 0 fully saturated rings. The highest BCUT2D eigenvalue weighted by molar-refractivity contribution is 8.20. The summed E-state index contributed by atoms with van der Waals surface area (Å²) in [5.74, 6) is -1.20. The van der Waals surface area contributed by atoms with Gasteiger partial charge in [-0.1, -0.05) is 198 Å². The fraction of sp³-hybridized carbons (Fsp3) is 0.0769. The van der Waals surface area contributed by atoms with Gasteiger partial charge in [-0.3, -0.25) is 22.8 Å². The minimum atomic E-state index is -4.02. The highest BCUT2D eigenvalue weighted by Crippen LogP contribution is 2.51. The quantitative estimate of drug-likeness (QED) is 0.0546. The van der Waals surface area contributed by atoms with Crippen LogP contribution in [0, 0.1) is 0 Å². The third-order valence-corrected chi connectivity index (χ3v) is 8.27. The molecule has 0 radical (unpaired) electrons. The van der Waals surface area contributed by atoms with Gasteiger partial charge in [0.1, 0.15) is 0 Å². The molecule has 0 aliphatic heterocycles. The lowest BCUT2D eigenvalue weighted by atomic mass is 10.4. The molecule has 0 bridgehead atoms. The van der Waals surface area contributed by atoms with Crippen LogP contribution in [0.5, 0.6) is 0 Å². The Hall–Kier alpha value is -1.95. The number of benzene rings is 6. The Morgan fingerprint density at radius 1 is 0.388 bits per heavy atom. The smallest absolute Gasteiger partial charge is 0.412 e. The van der Waals surface area contributed by atoms with Gasteiger partial charge in [-0.15, -0.1) is 0 Å². The molecule has 0 aliphatic rings. The topological polar surface area (TPSA) is 289 Å². The van der Waals surface area contributed by atoms with Crippen molar-refractivity contribution in [3.05, 3.63) is 200 Å². The van der Waals surface area contributed by atoms with Crippen LogP contribution in [-0.4, -0.2) is 89.2 Å². The Labute approximate surface area is 426 Å². The molecule has 0 heterocycles. The lowest BCUT2D eigenvalue weighted by Gasteiger charge is -2.11. The molecule has 0 aromatic heterocycles. The molecule has 0 saturated heterocycles. The standard InChI is InChI=1S/C12H11O2P.C6H7O3P.3C6H6.3CH4O3S.Al.Cl3P.3ClH.H2O/c13-15(14,11-7-3-1-4-8-11)12-9-5-2-6-10-12;7-10(8,9)6-4-2-1-3-5-6;3*1-2-4-6-5-3-1;3*1-5(2,3)4;;1-4(2)3;;;;/h1-10H,(H,13,14);1-5H,(H2,7,8,9);3*1-6H;3*1H3,(H,2,3,4);;;3*1H;1H2/q;;;;;;;;+3;;;;;/p-3. The van der Waals surface area contributed by atoms with Crippen molar-refractivity contribution in [1.82, 2.24) is 0 Å². The van der Waals surface area contributed by atoms with Gasteiger partial charge in [-0.2, -0.15) is 25.3 Å². The Morgan fingerprint density at radius 3 is 0.597 bits per heavy atom. The number of hydrogen-bond donors (Lipinski definition) is 6. The van der Waals surface area contributed by atoms with Crippen LogP contribution >= 0.6 is 84.8 Å². The van der Waals surface area contributed by atoms with Crippen LogP contribution in [0.3, 0.4) is 0 Å². The summed E-state index contributed by atoms with van der Waals surface area (Å²) in [4.78, 5) is 27.2. The van der Waals surface area contributed by atoms with Gasteiger partial charge in [-0.05, 0) is 36.4 Å². The Bertz CT molecular complexity index is 2140. The second kappa shape index (κ2) is 44.0. The second-order valence-electron chi connectivity index (χ2n) is 11.2. The average molecular weight is 1190 g/mol. The van der Waals surface area contributed by atoms with Crippen molar-refractivity contribution in [2.24, 2.45) is 0 Å². The summed E-state index contributed by atoms with van der Waals surface area (Å²) in [7, 11) is -3.58. The first kappa shape index (κ1) is 74.0. The van der Waals surface area contributed by atoms with Crippen molar-refractivity contribution in [2.75, 3.05) is 18.8 Å². The highest BCUT2D eigenvalue weighted by Gasteiger charge is 2.22. The summed E-state index contributed by atoms with van der Waals surface area (Å²) < 4.78 is 100. The van der Waals surface area contributed by atoms with Gasteiger partial charge in [0.05, 0.1) is 24.1 Å². The summed E-state index contributed by atoms with van der Waals surface area (Å²) in [6, 6.07) is 61.1. The van der Waals surface area contributed by atoms with Gasteiger partial charge in [0.15, 0.2) is 5.98 Å². The van der Waals surface area contributed by atoms with E-state index in [0.717, 1.165) is 0 Å². The van der Waals surface area contributed by atoms with E-state index < -0.39 is 62.7 Å². The average Bonchev–Trinajstić information content (AvgIpc) is 3.22. The Kier molecular flexibility index (Phi) is 48.6. The lowest BCUT2D eigenvalue weighted by Crippen LogP contribution is -2.14. The van der Waals surface area contributed by atoms with Crippen molar-refractivity contribution in [3.63, 3.8) is 0 Å². The summed E-state index contributed by atoms with van der Waals surface area (Å²) in [5, 5.41) is 1.00. The molecule has 67 heavy (non-hydrogen) atoms. The molecular weight excluding hydrogens is 1140 g/mol.